The fourth-order valence-electron chi connectivity index (χ4n) is 2.62. The van der Waals surface area contributed by atoms with Gasteiger partial charge >= 0.3 is 0 Å². The van der Waals surface area contributed by atoms with E-state index < -0.39 is 0 Å². The van der Waals surface area contributed by atoms with E-state index in [1.54, 1.807) is 31.4 Å². The molecule has 0 aliphatic rings. The van der Waals surface area contributed by atoms with E-state index in [-0.39, 0.29) is 11.8 Å². The number of ether oxygens (including phenoxy) is 1. The van der Waals surface area contributed by atoms with E-state index >= 15 is 0 Å². The van der Waals surface area contributed by atoms with E-state index in [4.69, 9.17) is 16.3 Å². The van der Waals surface area contributed by atoms with Crippen LogP contribution < -0.4 is 15.4 Å². The molecule has 148 valence electrons. The van der Waals surface area contributed by atoms with Crippen molar-refractivity contribution in [2.75, 3.05) is 12.4 Å². The van der Waals surface area contributed by atoms with Gasteiger partial charge in [0.2, 0.25) is 5.91 Å². The second kappa shape index (κ2) is 9.71. The van der Waals surface area contributed by atoms with Crippen molar-refractivity contribution in [2.24, 2.45) is 0 Å². The number of nitrogens with one attached hydrogen (secondary N) is 2. The first kappa shape index (κ1) is 20.4. The molecule has 1 aromatic heterocycles. The SMILES string of the molecule is COc1ccc(CC(=O)NCc2ccc(C(=O)Nc3ccc(Cl)nc3)cc2)cc1. The van der Waals surface area contributed by atoms with E-state index in [1.165, 1.54) is 6.20 Å². The van der Waals surface area contributed by atoms with Gasteiger partial charge in [-0.25, -0.2) is 4.98 Å². The van der Waals surface area contributed by atoms with Crippen LogP contribution in [0.2, 0.25) is 5.15 Å². The molecule has 6 nitrogen and oxygen atoms in total. The normalized spacial score (nSPS) is 10.3. The predicted octanol–water partition coefficient (Wildman–Crippen LogP) is 3.85. The highest BCUT2D eigenvalue weighted by Crippen LogP contribution is 2.13. The molecule has 0 aliphatic carbocycles. The molecular formula is C22H20ClN3O3. The number of carbonyl (C=O) groups is 2. The lowest BCUT2D eigenvalue weighted by atomic mass is 10.1. The number of pyridine rings is 1. The maximum absolute atomic E-state index is 12.3. The summed E-state index contributed by atoms with van der Waals surface area (Å²) in [5.74, 6) is 0.432. The Bertz CT molecular complexity index is 972. The van der Waals surface area contributed by atoms with Crippen LogP contribution in [0.3, 0.4) is 0 Å². The number of benzene rings is 2. The van der Waals surface area contributed by atoms with Gasteiger partial charge in [0.15, 0.2) is 0 Å². The highest BCUT2D eigenvalue weighted by Gasteiger charge is 2.08. The van der Waals surface area contributed by atoms with Crippen molar-refractivity contribution in [1.29, 1.82) is 0 Å². The highest BCUT2D eigenvalue weighted by atomic mass is 35.5. The van der Waals surface area contributed by atoms with E-state index in [0.29, 0.717) is 29.4 Å². The fraction of sp³-hybridized carbons (Fsp3) is 0.136. The zero-order valence-electron chi connectivity index (χ0n) is 15.8. The molecule has 2 amide bonds. The summed E-state index contributed by atoms with van der Waals surface area (Å²) < 4.78 is 5.11. The number of aromatic nitrogens is 1. The number of hydrogen-bond donors (Lipinski definition) is 2. The molecule has 7 heteroatoms. The van der Waals surface area contributed by atoms with E-state index in [9.17, 15) is 9.59 Å². The van der Waals surface area contributed by atoms with Crippen LogP contribution in [-0.4, -0.2) is 23.9 Å². The smallest absolute Gasteiger partial charge is 0.255 e. The zero-order valence-corrected chi connectivity index (χ0v) is 16.6. The van der Waals surface area contributed by atoms with Crippen LogP contribution in [0.15, 0.2) is 66.9 Å². The van der Waals surface area contributed by atoms with Crippen LogP contribution >= 0.6 is 11.6 Å². The number of nitrogens with zero attached hydrogens (tertiary/aromatic N) is 1. The largest absolute Gasteiger partial charge is 0.497 e. The van der Waals surface area contributed by atoms with E-state index in [1.807, 2.05) is 36.4 Å². The molecule has 0 fully saturated rings. The molecule has 0 aliphatic heterocycles. The first-order valence-corrected chi connectivity index (χ1v) is 9.33. The van der Waals surface area contributed by atoms with Crippen LogP contribution in [0.25, 0.3) is 0 Å². The summed E-state index contributed by atoms with van der Waals surface area (Å²) in [6, 6.07) is 17.7. The Balaban J connectivity index is 1.49. The van der Waals surface area contributed by atoms with Gasteiger partial charge < -0.3 is 15.4 Å². The Morgan fingerprint density at radius 1 is 0.966 bits per heavy atom. The number of anilines is 1. The molecule has 2 aromatic carbocycles. The second-order valence-corrected chi connectivity index (χ2v) is 6.71. The highest BCUT2D eigenvalue weighted by molar-refractivity contribution is 6.29. The molecule has 0 unspecified atom stereocenters. The Morgan fingerprint density at radius 3 is 2.28 bits per heavy atom. The van der Waals surface area contributed by atoms with Crippen LogP contribution in [0.4, 0.5) is 5.69 Å². The monoisotopic (exact) mass is 409 g/mol. The molecule has 1 heterocycles. The third-order valence-corrected chi connectivity index (χ3v) is 4.44. The van der Waals surface area contributed by atoms with Gasteiger partial charge in [0.1, 0.15) is 10.9 Å². The van der Waals surface area contributed by atoms with Crippen molar-refractivity contribution in [1.82, 2.24) is 10.3 Å². The van der Waals surface area contributed by atoms with E-state index in [0.717, 1.165) is 16.9 Å². The quantitative estimate of drug-likeness (QED) is 0.581. The van der Waals surface area contributed by atoms with Crippen molar-refractivity contribution in [3.05, 3.63) is 88.7 Å². The van der Waals surface area contributed by atoms with Crippen LogP contribution in [0.1, 0.15) is 21.5 Å². The Hall–Kier alpha value is -3.38. The summed E-state index contributed by atoms with van der Waals surface area (Å²) in [5, 5.41) is 5.99. The summed E-state index contributed by atoms with van der Waals surface area (Å²) in [6.07, 6.45) is 1.78. The van der Waals surface area contributed by atoms with Gasteiger partial charge in [-0.2, -0.15) is 0 Å². The maximum Gasteiger partial charge on any atom is 0.255 e. The molecular weight excluding hydrogens is 390 g/mol. The minimum atomic E-state index is -0.246. The molecule has 29 heavy (non-hydrogen) atoms. The minimum Gasteiger partial charge on any atom is -0.497 e. The Morgan fingerprint density at radius 2 is 1.66 bits per heavy atom. The van der Waals surface area contributed by atoms with Gasteiger partial charge in [0.05, 0.1) is 25.4 Å². The van der Waals surface area contributed by atoms with Gasteiger partial charge in [-0.05, 0) is 47.5 Å². The summed E-state index contributed by atoms with van der Waals surface area (Å²) in [5.41, 5.74) is 2.88. The molecule has 0 atom stereocenters. The second-order valence-electron chi connectivity index (χ2n) is 6.32. The summed E-state index contributed by atoms with van der Waals surface area (Å²) in [4.78, 5) is 28.3. The lowest BCUT2D eigenvalue weighted by molar-refractivity contribution is -0.120. The zero-order chi connectivity index (χ0) is 20.6. The third-order valence-electron chi connectivity index (χ3n) is 4.21. The lowest BCUT2D eigenvalue weighted by Crippen LogP contribution is -2.24. The maximum atomic E-state index is 12.3. The van der Waals surface area contributed by atoms with Crippen molar-refractivity contribution >= 4 is 29.1 Å². The third kappa shape index (κ3) is 6.05. The minimum absolute atomic E-state index is 0.0766. The average Bonchev–Trinajstić information content (AvgIpc) is 2.75. The number of methoxy groups -OCH3 is 1. The Kier molecular flexibility index (Phi) is 6.81. The van der Waals surface area contributed by atoms with Crippen molar-refractivity contribution in [3.63, 3.8) is 0 Å². The summed E-state index contributed by atoms with van der Waals surface area (Å²) in [7, 11) is 1.60. The average molecular weight is 410 g/mol. The molecule has 0 bridgehead atoms. The summed E-state index contributed by atoms with van der Waals surface area (Å²) >= 11 is 5.73. The number of amides is 2. The van der Waals surface area contributed by atoms with Crippen LogP contribution in [0, 0.1) is 0 Å². The number of hydrogen-bond acceptors (Lipinski definition) is 4. The molecule has 0 radical (unpaired) electrons. The van der Waals surface area contributed by atoms with E-state index in [2.05, 4.69) is 15.6 Å². The topological polar surface area (TPSA) is 80.3 Å². The van der Waals surface area contributed by atoms with Crippen molar-refractivity contribution < 1.29 is 14.3 Å². The van der Waals surface area contributed by atoms with Gasteiger partial charge in [-0.3, -0.25) is 9.59 Å². The van der Waals surface area contributed by atoms with Gasteiger partial charge in [0, 0.05) is 12.1 Å². The van der Waals surface area contributed by atoms with Crippen LogP contribution in [0.5, 0.6) is 5.75 Å². The molecule has 0 spiro atoms. The first-order valence-electron chi connectivity index (χ1n) is 8.95. The predicted molar refractivity (Wildman–Crippen MR) is 112 cm³/mol. The standard InChI is InChI=1S/C22H20ClN3O3/c1-29-19-9-4-15(5-10-19)12-21(27)25-13-16-2-6-17(7-3-16)22(28)26-18-8-11-20(23)24-14-18/h2-11,14H,12-13H2,1H3,(H,25,27)(H,26,28). The van der Waals surface area contributed by atoms with Gasteiger partial charge in [0.25, 0.3) is 5.91 Å². The van der Waals surface area contributed by atoms with Gasteiger partial charge in [-0.1, -0.05) is 35.9 Å². The first-order chi connectivity index (χ1) is 14.0. The summed E-state index contributed by atoms with van der Waals surface area (Å²) in [6.45, 7) is 0.387. The fourth-order valence-corrected chi connectivity index (χ4v) is 2.73. The number of rotatable bonds is 7. The van der Waals surface area contributed by atoms with Crippen molar-refractivity contribution in [3.8, 4) is 5.75 Å². The molecule has 3 rings (SSSR count). The van der Waals surface area contributed by atoms with Crippen LogP contribution in [-0.2, 0) is 17.8 Å². The van der Waals surface area contributed by atoms with Crippen molar-refractivity contribution in [2.45, 2.75) is 13.0 Å². The number of carbonyl (C=O) groups excluding carboxylic acids is 2. The Labute approximate surface area is 173 Å². The molecule has 3 aromatic rings. The molecule has 0 saturated heterocycles. The molecule has 2 N–H and O–H groups in total. The lowest BCUT2D eigenvalue weighted by Gasteiger charge is -2.08. The molecule has 0 saturated carbocycles. The number of halogens is 1. The van der Waals surface area contributed by atoms with Gasteiger partial charge in [-0.15, -0.1) is 0 Å².